The van der Waals surface area contributed by atoms with Gasteiger partial charge in [-0.2, -0.15) is 13.2 Å². The molecule has 11 heteroatoms. The maximum absolute atomic E-state index is 13.0. The predicted molar refractivity (Wildman–Crippen MR) is 111 cm³/mol. The van der Waals surface area contributed by atoms with Gasteiger partial charge in [-0.15, -0.1) is 0 Å². The maximum Gasteiger partial charge on any atom is 0.404 e. The van der Waals surface area contributed by atoms with Gasteiger partial charge in [0.15, 0.2) is 5.75 Å². The van der Waals surface area contributed by atoms with Crippen molar-refractivity contribution in [1.29, 1.82) is 0 Å². The zero-order valence-electron chi connectivity index (χ0n) is 16.5. The molecule has 168 valence electrons. The quantitative estimate of drug-likeness (QED) is 0.545. The van der Waals surface area contributed by atoms with E-state index in [0.717, 1.165) is 0 Å². The van der Waals surface area contributed by atoms with Crippen molar-refractivity contribution >= 4 is 21.7 Å². The van der Waals surface area contributed by atoms with Crippen molar-refractivity contribution in [3.63, 3.8) is 0 Å². The number of sulfonamides is 1. The summed E-state index contributed by atoms with van der Waals surface area (Å²) in [6.07, 6.45) is -0.926. The number of benzene rings is 2. The minimum absolute atomic E-state index is 0.0170. The molecule has 0 aliphatic rings. The molecule has 1 aromatic heterocycles. The first-order chi connectivity index (χ1) is 15.0. The van der Waals surface area contributed by atoms with E-state index in [9.17, 15) is 31.5 Å². The van der Waals surface area contributed by atoms with Crippen LogP contribution in [0, 0.1) is 0 Å². The lowest BCUT2D eigenvalue weighted by Gasteiger charge is -2.25. The summed E-state index contributed by atoms with van der Waals surface area (Å²) in [5.74, 6) is -3.14. The number of carboxylic acids is 1. The minimum Gasteiger partial charge on any atom is -0.478 e. The molecular weight excluding hydrogens is 447 g/mol. The van der Waals surface area contributed by atoms with Gasteiger partial charge in [0.05, 0.1) is 17.8 Å². The summed E-state index contributed by atoms with van der Waals surface area (Å²) < 4.78 is 64.9. The van der Waals surface area contributed by atoms with Gasteiger partial charge >= 0.3 is 12.1 Å². The van der Waals surface area contributed by atoms with E-state index in [1.165, 1.54) is 43.0 Å². The van der Waals surface area contributed by atoms with Crippen LogP contribution in [0.3, 0.4) is 0 Å². The fourth-order valence-electron chi connectivity index (χ4n) is 3.14. The van der Waals surface area contributed by atoms with Crippen molar-refractivity contribution in [2.24, 2.45) is 0 Å². The van der Waals surface area contributed by atoms with Crippen LogP contribution < -0.4 is 4.31 Å². The molecule has 0 amide bonds. The Morgan fingerprint density at radius 2 is 1.69 bits per heavy atom. The number of alkyl halides is 3. The van der Waals surface area contributed by atoms with Crippen molar-refractivity contribution in [3.05, 3.63) is 89.5 Å². The molecule has 0 radical (unpaired) electrons. The van der Waals surface area contributed by atoms with Crippen LogP contribution >= 0.6 is 0 Å². The predicted octanol–water partition coefficient (Wildman–Crippen LogP) is 3.66. The number of aromatic carboxylic acids is 1. The Morgan fingerprint density at radius 3 is 2.34 bits per heavy atom. The molecule has 0 aliphatic carbocycles. The van der Waals surface area contributed by atoms with Gasteiger partial charge in [-0.1, -0.05) is 30.3 Å². The van der Waals surface area contributed by atoms with Gasteiger partial charge in [0.1, 0.15) is 6.33 Å². The van der Waals surface area contributed by atoms with Crippen molar-refractivity contribution in [3.8, 4) is 0 Å². The maximum atomic E-state index is 13.0. The van der Waals surface area contributed by atoms with Crippen molar-refractivity contribution < 1.29 is 31.5 Å². The van der Waals surface area contributed by atoms with E-state index in [-0.39, 0.29) is 17.7 Å². The normalized spacial score (nSPS) is 11.8. The van der Waals surface area contributed by atoms with Crippen LogP contribution in [0.5, 0.6) is 0 Å². The number of nitrogens with zero attached hydrogens (tertiary/aromatic N) is 3. The van der Waals surface area contributed by atoms with Gasteiger partial charge in [-0.3, -0.25) is 4.31 Å². The molecule has 0 fully saturated rings. The molecule has 2 aromatic carbocycles. The van der Waals surface area contributed by atoms with E-state index in [1.54, 1.807) is 24.3 Å². The van der Waals surface area contributed by atoms with Crippen LogP contribution in [-0.4, -0.2) is 41.4 Å². The summed E-state index contributed by atoms with van der Waals surface area (Å²) in [7, 11) is -4.78. The summed E-state index contributed by atoms with van der Waals surface area (Å²) in [6, 6.07) is 12.3. The van der Waals surface area contributed by atoms with Crippen LogP contribution in [-0.2, 0) is 23.0 Å². The third-order valence-corrected chi connectivity index (χ3v) is 6.17. The molecule has 0 saturated heterocycles. The van der Waals surface area contributed by atoms with Crippen molar-refractivity contribution in [2.45, 2.75) is 19.1 Å². The average Bonchev–Trinajstić information content (AvgIpc) is 2.71. The number of carbonyl (C=O) groups is 1. The third kappa shape index (κ3) is 6.03. The first kappa shape index (κ1) is 23.2. The molecule has 0 atom stereocenters. The molecule has 3 rings (SSSR count). The summed E-state index contributed by atoms with van der Waals surface area (Å²) >= 11 is 0. The highest BCUT2D eigenvalue weighted by Crippen LogP contribution is 2.27. The Morgan fingerprint density at radius 1 is 1.00 bits per heavy atom. The van der Waals surface area contributed by atoms with Crippen molar-refractivity contribution in [1.82, 2.24) is 9.97 Å². The Hall–Kier alpha value is -3.47. The van der Waals surface area contributed by atoms with Crippen molar-refractivity contribution in [2.75, 3.05) is 10.1 Å². The second-order valence-electron chi connectivity index (χ2n) is 6.93. The molecule has 3 aromatic rings. The monoisotopic (exact) mass is 465 g/mol. The first-order valence-electron chi connectivity index (χ1n) is 9.26. The summed E-state index contributed by atoms with van der Waals surface area (Å²) in [6.45, 7) is -0.394. The van der Waals surface area contributed by atoms with E-state index in [0.29, 0.717) is 21.0 Å². The Balaban J connectivity index is 1.99. The number of aromatic nitrogens is 2. The van der Waals surface area contributed by atoms with Gasteiger partial charge in [-0.05, 0) is 35.7 Å². The molecule has 7 nitrogen and oxygen atoms in total. The summed E-state index contributed by atoms with van der Waals surface area (Å²) in [5, 5.41) is 9.36. The SMILES string of the molecule is O=C(O)c1ccccc1Cc1cccc(N(Cc2cncnc2)S(=O)(=O)CC(F)(F)F)c1. The van der Waals surface area contributed by atoms with Crippen LogP contribution in [0.4, 0.5) is 18.9 Å². The Labute approximate surface area is 182 Å². The number of halogens is 3. The van der Waals surface area contributed by atoms with Crippen LogP contribution in [0.15, 0.2) is 67.3 Å². The number of rotatable bonds is 8. The van der Waals surface area contributed by atoms with E-state index in [4.69, 9.17) is 0 Å². The molecule has 0 saturated carbocycles. The zero-order valence-corrected chi connectivity index (χ0v) is 17.3. The molecule has 0 unspecified atom stereocenters. The fraction of sp³-hybridized carbons (Fsp3) is 0.190. The third-order valence-electron chi connectivity index (χ3n) is 4.46. The topological polar surface area (TPSA) is 100 Å². The van der Waals surface area contributed by atoms with Gasteiger partial charge in [-0.25, -0.2) is 23.2 Å². The van der Waals surface area contributed by atoms with Crippen LogP contribution in [0.2, 0.25) is 0 Å². The standard InChI is InChI=1S/C21H18F3N3O4S/c22-21(23,24)13-32(30,31)27(12-16-10-25-14-26-11-16)18-6-3-4-15(9-18)8-17-5-1-2-7-19(17)20(28)29/h1-7,9-11,14H,8,12-13H2,(H,28,29). The zero-order chi connectivity index (χ0) is 23.4. The van der Waals surface area contributed by atoms with Crippen LogP contribution in [0.25, 0.3) is 0 Å². The molecule has 0 spiro atoms. The molecule has 1 heterocycles. The largest absolute Gasteiger partial charge is 0.478 e. The summed E-state index contributed by atoms with van der Waals surface area (Å²) in [4.78, 5) is 19.0. The number of hydrogen-bond donors (Lipinski definition) is 1. The molecule has 0 aliphatic heterocycles. The lowest BCUT2D eigenvalue weighted by atomic mass is 9.99. The van der Waals surface area contributed by atoms with E-state index >= 15 is 0 Å². The molecule has 1 N–H and O–H groups in total. The number of anilines is 1. The van der Waals surface area contributed by atoms with Crippen LogP contribution in [0.1, 0.15) is 27.0 Å². The second-order valence-corrected chi connectivity index (χ2v) is 8.83. The van der Waals surface area contributed by atoms with Gasteiger partial charge in [0.25, 0.3) is 0 Å². The van der Waals surface area contributed by atoms with Gasteiger partial charge in [0, 0.05) is 18.0 Å². The van der Waals surface area contributed by atoms with E-state index in [2.05, 4.69) is 9.97 Å². The highest BCUT2D eigenvalue weighted by Gasteiger charge is 2.38. The highest BCUT2D eigenvalue weighted by molar-refractivity contribution is 7.92. The lowest BCUT2D eigenvalue weighted by molar-refractivity contribution is -0.106. The van der Waals surface area contributed by atoms with Gasteiger partial charge in [0.2, 0.25) is 10.0 Å². The second kappa shape index (κ2) is 9.35. The Kier molecular flexibility index (Phi) is 6.78. The molecule has 32 heavy (non-hydrogen) atoms. The molecule has 0 bridgehead atoms. The molecular formula is C21H18F3N3O4S. The Bertz CT molecular complexity index is 1200. The lowest BCUT2D eigenvalue weighted by Crippen LogP contribution is -2.37. The number of hydrogen-bond acceptors (Lipinski definition) is 5. The highest BCUT2D eigenvalue weighted by atomic mass is 32.2. The average molecular weight is 465 g/mol. The summed E-state index contributed by atoms with van der Waals surface area (Å²) in [5.41, 5.74) is 1.43. The number of carboxylic acid groups (broad SMARTS) is 1. The van der Waals surface area contributed by atoms with Gasteiger partial charge < -0.3 is 5.11 Å². The first-order valence-corrected chi connectivity index (χ1v) is 10.9. The smallest absolute Gasteiger partial charge is 0.404 e. The van der Waals surface area contributed by atoms with E-state index < -0.39 is 34.5 Å². The fourth-order valence-corrected chi connectivity index (χ4v) is 4.49. The van der Waals surface area contributed by atoms with E-state index in [1.807, 2.05) is 0 Å². The minimum atomic E-state index is -4.93.